The molecule has 6 nitrogen and oxygen atoms in total. The van der Waals surface area contributed by atoms with Crippen LogP contribution in [-0.4, -0.2) is 45.5 Å². The van der Waals surface area contributed by atoms with E-state index in [1.165, 1.54) is 0 Å². The molecule has 2 heterocycles. The van der Waals surface area contributed by atoms with Crippen molar-refractivity contribution in [3.63, 3.8) is 0 Å². The summed E-state index contributed by atoms with van der Waals surface area (Å²) in [7, 11) is 1.94. The van der Waals surface area contributed by atoms with Crippen LogP contribution >= 0.6 is 0 Å². The highest BCUT2D eigenvalue weighted by Gasteiger charge is 2.35. The van der Waals surface area contributed by atoms with Crippen LogP contribution < -0.4 is 0 Å². The third-order valence-electron chi connectivity index (χ3n) is 4.54. The molecule has 0 spiro atoms. The molecule has 3 rings (SSSR count). The van der Waals surface area contributed by atoms with Gasteiger partial charge in [0.15, 0.2) is 5.82 Å². The van der Waals surface area contributed by atoms with Crippen LogP contribution in [0.3, 0.4) is 0 Å². The Morgan fingerprint density at radius 1 is 1.28 bits per heavy atom. The highest BCUT2D eigenvalue weighted by molar-refractivity contribution is 5.83. The molecule has 1 atom stereocenters. The predicted molar refractivity (Wildman–Crippen MR) is 94.7 cm³/mol. The largest absolute Gasteiger partial charge is 0.338 e. The number of benzene rings is 1. The molecule has 0 radical (unpaired) electrons. The zero-order chi connectivity index (χ0) is 18.0. The predicted octanol–water partition coefficient (Wildman–Crippen LogP) is 2.60. The van der Waals surface area contributed by atoms with Crippen molar-refractivity contribution in [2.24, 2.45) is 0 Å². The first-order valence-electron chi connectivity index (χ1n) is 8.70. The molecule has 0 N–H and O–H groups in total. The number of likely N-dealkylation sites (N-methyl/N-ethyl adjacent to an activating group) is 1. The number of aromatic nitrogens is 2. The summed E-state index contributed by atoms with van der Waals surface area (Å²) in [6.07, 6.45) is 0.822. The topological polar surface area (TPSA) is 62.5 Å². The third kappa shape index (κ3) is 4.07. The first kappa shape index (κ1) is 17.6. The first-order chi connectivity index (χ1) is 11.8. The Labute approximate surface area is 148 Å². The average molecular weight is 342 g/mol. The summed E-state index contributed by atoms with van der Waals surface area (Å²) in [6.45, 7) is 8.07. The first-order valence-corrected chi connectivity index (χ1v) is 8.70. The Morgan fingerprint density at radius 2 is 2.00 bits per heavy atom. The van der Waals surface area contributed by atoms with Crippen LogP contribution in [0.15, 0.2) is 34.9 Å². The van der Waals surface area contributed by atoms with Gasteiger partial charge in [-0.1, -0.05) is 56.3 Å². The van der Waals surface area contributed by atoms with E-state index in [0.29, 0.717) is 24.8 Å². The third-order valence-corrected chi connectivity index (χ3v) is 4.54. The van der Waals surface area contributed by atoms with Crippen molar-refractivity contribution in [1.29, 1.82) is 0 Å². The number of amides is 1. The highest BCUT2D eigenvalue weighted by Crippen LogP contribution is 2.22. The fraction of sp³-hybridized carbons (Fsp3) is 0.526. The van der Waals surface area contributed by atoms with Gasteiger partial charge in [-0.25, -0.2) is 0 Å². The fourth-order valence-corrected chi connectivity index (χ4v) is 3.04. The quantitative estimate of drug-likeness (QED) is 0.836. The van der Waals surface area contributed by atoms with Gasteiger partial charge in [-0.05, 0) is 19.0 Å². The van der Waals surface area contributed by atoms with Crippen molar-refractivity contribution in [3.8, 4) is 0 Å². The maximum atomic E-state index is 12.7. The molecule has 1 aromatic heterocycles. The molecule has 1 amide bonds. The number of carbonyl (C=O) groups excluding carboxylic acids is 1. The second-order valence-electron chi connectivity index (χ2n) is 7.73. The summed E-state index contributed by atoms with van der Waals surface area (Å²) >= 11 is 0. The van der Waals surface area contributed by atoms with Gasteiger partial charge < -0.3 is 9.42 Å². The van der Waals surface area contributed by atoms with E-state index in [1.54, 1.807) is 0 Å². The van der Waals surface area contributed by atoms with Crippen molar-refractivity contribution in [2.45, 2.75) is 51.7 Å². The Morgan fingerprint density at radius 3 is 2.64 bits per heavy atom. The van der Waals surface area contributed by atoms with E-state index in [4.69, 9.17) is 4.52 Å². The standard InChI is InChI=1S/C19H26N4O2/c1-19(2,3)18-20-16(25-21-18)13-22(4)15-10-11-23(17(15)24)12-14-8-6-5-7-9-14/h5-9,15H,10-13H2,1-4H3. The molecule has 1 saturated heterocycles. The summed E-state index contributed by atoms with van der Waals surface area (Å²) in [5.41, 5.74) is 1.02. The van der Waals surface area contributed by atoms with Crippen molar-refractivity contribution in [3.05, 3.63) is 47.6 Å². The molecule has 134 valence electrons. The Bertz CT molecular complexity index is 721. The Kier molecular flexibility index (Phi) is 4.90. The van der Waals surface area contributed by atoms with E-state index in [2.05, 4.69) is 22.3 Å². The van der Waals surface area contributed by atoms with Crippen LogP contribution in [0.4, 0.5) is 0 Å². The number of hydrogen-bond acceptors (Lipinski definition) is 5. The fourth-order valence-electron chi connectivity index (χ4n) is 3.04. The number of rotatable bonds is 5. The van der Waals surface area contributed by atoms with Gasteiger partial charge in [0.25, 0.3) is 0 Å². The van der Waals surface area contributed by atoms with Gasteiger partial charge in [-0.15, -0.1) is 0 Å². The van der Waals surface area contributed by atoms with Crippen molar-refractivity contribution in [1.82, 2.24) is 19.9 Å². The second kappa shape index (κ2) is 6.96. The van der Waals surface area contributed by atoms with Crippen molar-refractivity contribution < 1.29 is 9.32 Å². The van der Waals surface area contributed by atoms with Crippen LogP contribution in [0.25, 0.3) is 0 Å². The number of nitrogens with zero attached hydrogens (tertiary/aromatic N) is 4. The Hall–Kier alpha value is -2.21. The minimum atomic E-state index is -0.143. The van der Waals surface area contributed by atoms with Gasteiger partial charge in [0.2, 0.25) is 11.8 Å². The van der Waals surface area contributed by atoms with Gasteiger partial charge >= 0.3 is 0 Å². The molecule has 1 aliphatic rings. The van der Waals surface area contributed by atoms with Crippen molar-refractivity contribution >= 4 is 5.91 Å². The molecule has 0 aliphatic carbocycles. The molecule has 0 saturated carbocycles. The number of carbonyl (C=O) groups is 1. The molecule has 25 heavy (non-hydrogen) atoms. The van der Waals surface area contributed by atoms with Crippen molar-refractivity contribution in [2.75, 3.05) is 13.6 Å². The molecular weight excluding hydrogens is 316 g/mol. The molecule has 1 unspecified atom stereocenters. The summed E-state index contributed by atoms with van der Waals surface area (Å²) in [5, 5.41) is 4.05. The van der Waals surface area contributed by atoms with Crippen LogP contribution in [0.2, 0.25) is 0 Å². The zero-order valence-corrected chi connectivity index (χ0v) is 15.4. The zero-order valence-electron chi connectivity index (χ0n) is 15.4. The monoisotopic (exact) mass is 342 g/mol. The average Bonchev–Trinajstić information content (AvgIpc) is 3.16. The summed E-state index contributed by atoms with van der Waals surface area (Å²) in [6, 6.07) is 9.97. The minimum absolute atomic E-state index is 0.131. The number of likely N-dealkylation sites (tertiary alicyclic amines) is 1. The summed E-state index contributed by atoms with van der Waals surface area (Å²) < 4.78 is 5.35. The van der Waals surface area contributed by atoms with Crippen LogP contribution in [0.1, 0.15) is 44.5 Å². The van der Waals surface area contributed by atoms with E-state index in [9.17, 15) is 4.79 Å². The summed E-state index contributed by atoms with van der Waals surface area (Å²) in [5.74, 6) is 1.42. The van der Waals surface area contributed by atoms with E-state index >= 15 is 0 Å². The van der Waals surface area contributed by atoms with Gasteiger partial charge in [-0.2, -0.15) is 4.98 Å². The lowest BCUT2D eigenvalue weighted by atomic mass is 9.96. The van der Waals surface area contributed by atoms with E-state index < -0.39 is 0 Å². The molecule has 0 bridgehead atoms. The lowest BCUT2D eigenvalue weighted by molar-refractivity contribution is -0.132. The maximum Gasteiger partial charge on any atom is 0.240 e. The van der Waals surface area contributed by atoms with Gasteiger partial charge in [0, 0.05) is 18.5 Å². The van der Waals surface area contributed by atoms with E-state index in [-0.39, 0.29) is 17.4 Å². The van der Waals surface area contributed by atoms with Crippen LogP contribution in [0, 0.1) is 0 Å². The number of hydrogen-bond donors (Lipinski definition) is 0. The second-order valence-corrected chi connectivity index (χ2v) is 7.73. The molecule has 6 heteroatoms. The SMILES string of the molecule is CN(Cc1nc(C(C)(C)C)no1)C1CCN(Cc2ccccc2)C1=O. The normalized spacial score (nSPS) is 18.4. The lowest BCUT2D eigenvalue weighted by Crippen LogP contribution is -2.39. The highest BCUT2D eigenvalue weighted by atomic mass is 16.5. The smallest absolute Gasteiger partial charge is 0.240 e. The van der Waals surface area contributed by atoms with E-state index in [0.717, 1.165) is 18.5 Å². The van der Waals surface area contributed by atoms with Gasteiger partial charge in [0.1, 0.15) is 0 Å². The van der Waals surface area contributed by atoms with Crippen LogP contribution in [-0.2, 0) is 23.3 Å². The molecule has 1 fully saturated rings. The van der Waals surface area contributed by atoms with Gasteiger partial charge in [-0.3, -0.25) is 9.69 Å². The summed E-state index contributed by atoms with van der Waals surface area (Å²) in [4.78, 5) is 21.1. The lowest BCUT2D eigenvalue weighted by Gasteiger charge is -2.22. The maximum absolute atomic E-state index is 12.7. The van der Waals surface area contributed by atoms with Crippen LogP contribution in [0.5, 0.6) is 0 Å². The van der Waals surface area contributed by atoms with Gasteiger partial charge in [0.05, 0.1) is 12.6 Å². The molecule has 2 aromatic rings. The minimum Gasteiger partial charge on any atom is -0.338 e. The molecule has 1 aliphatic heterocycles. The van der Waals surface area contributed by atoms with E-state index in [1.807, 2.05) is 55.8 Å². The Balaban J connectivity index is 1.60. The molecular formula is C19H26N4O2. The molecule has 1 aromatic carbocycles.